The first-order valence-electron chi connectivity index (χ1n) is 5.72. The lowest BCUT2D eigenvalue weighted by molar-refractivity contribution is -0.146. The van der Waals surface area contributed by atoms with Gasteiger partial charge in [-0.25, -0.2) is 4.79 Å². The fourth-order valence-corrected chi connectivity index (χ4v) is 2.65. The first-order chi connectivity index (χ1) is 9.09. The van der Waals surface area contributed by atoms with E-state index >= 15 is 0 Å². The van der Waals surface area contributed by atoms with Gasteiger partial charge in [-0.1, -0.05) is 30.3 Å². The molecule has 0 saturated heterocycles. The van der Waals surface area contributed by atoms with Gasteiger partial charge in [0.15, 0.2) is 11.9 Å². The van der Waals surface area contributed by atoms with E-state index in [-0.39, 0.29) is 5.75 Å². The van der Waals surface area contributed by atoms with Crippen molar-refractivity contribution < 1.29 is 24.9 Å². The van der Waals surface area contributed by atoms with E-state index in [4.69, 9.17) is 5.11 Å². The van der Waals surface area contributed by atoms with Crippen LogP contribution in [0.1, 0.15) is 5.56 Å². The number of rotatable bonds is 5. The number of hydrogen-bond acceptors (Lipinski definition) is 6. The van der Waals surface area contributed by atoms with Gasteiger partial charge in [-0.2, -0.15) is 11.8 Å². The van der Waals surface area contributed by atoms with E-state index in [9.17, 15) is 15.0 Å². The molecule has 6 heteroatoms. The SMILES string of the molecule is O=C1O[C@H]([C@@H](O)CSCc2ccccc2)C(O)=C1O. The van der Waals surface area contributed by atoms with Crippen LogP contribution in [0, 0.1) is 0 Å². The maximum atomic E-state index is 11.0. The van der Waals surface area contributed by atoms with E-state index in [1.54, 1.807) is 0 Å². The second-order valence-corrected chi connectivity index (χ2v) is 5.16. The van der Waals surface area contributed by atoms with Gasteiger partial charge in [0.2, 0.25) is 5.76 Å². The minimum atomic E-state index is -1.17. The van der Waals surface area contributed by atoms with Crippen molar-refractivity contribution in [2.45, 2.75) is 18.0 Å². The number of aliphatic hydroxyl groups is 3. The lowest BCUT2D eigenvalue weighted by Gasteiger charge is -2.16. The fourth-order valence-electron chi connectivity index (χ4n) is 1.69. The van der Waals surface area contributed by atoms with Gasteiger partial charge < -0.3 is 20.1 Å². The molecule has 0 fully saturated rings. The van der Waals surface area contributed by atoms with Gasteiger partial charge in [0.05, 0.1) is 0 Å². The van der Waals surface area contributed by atoms with Gasteiger partial charge in [-0.15, -0.1) is 0 Å². The molecule has 0 saturated carbocycles. The van der Waals surface area contributed by atoms with Crippen LogP contribution in [0.5, 0.6) is 0 Å². The monoisotopic (exact) mass is 282 g/mol. The molecular weight excluding hydrogens is 268 g/mol. The molecule has 0 amide bonds. The Morgan fingerprint density at radius 1 is 1.26 bits per heavy atom. The number of aliphatic hydroxyl groups excluding tert-OH is 3. The van der Waals surface area contributed by atoms with Crippen LogP contribution in [-0.4, -0.2) is 39.2 Å². The molecule has 0 aromatic heterocycles. The average molecular weight is 282 g/mol. The van der Waals surface area contributed by atoms with Gasteiger partial charge in [-0.3, -0.25) is 0 Å². The Balaban J connectivity index is 1.83. The minimum Gasteiger partial charge on any atom is -0.505 e. The largest absolute Gasteiger partial charge is 0.505 e. The van der Waals surface area contributed by atoms with Gasteiger partial charge in [0, 0.05) is 11.5 Å². The molecule has 102 valence electrons. The highest BCUT2D eigenvalue weighted by atomic mass is 32.2. The van der Waals surface area contributed by atoms with Gasteiger partial charge in [-0.05, 0) is 5.56 Å². The van der Waals surface area contributed by atoms with Crippen molar-refractivity contribution in [1.82, 2.24) is 0 Å². The number of hydrogen-bond donors (Lipinski definition) is 3. The summed E-state index contributed by atoms with van der Waals surface area (Å²) in [7, 11) is 0. The maximum absolute atomic E-state index is 11.0. The molecule has 0 bridgehead atoms. The predicted molar refractivity (Wildman–Crippen MR) is 70.8 cm³/mol. The summed E-state index contributed by atoms with van der Waals surface area (Å²) in [4.78, 5) is 11.0. The number of benzene rings is 1. The second kappa shape index (κ2) is 5.99. The van der Waals surface area contributed by atoms with E-state index in [1.165, 1.54) is 11.8 Å². The molecule has 5 nitrogen and oxygen atoms in total. The molecular formula is C13H14O5S. The molecule has 19 heavy (non-hydrogen) atoms. The summed E-state index contributed by atoms with van der Waals surface area (Å²) in [6.07, 6.45) is -2.22. The summed E-state index contributed by atoms with van der Waals surface area (Å²) in [5, 5.41) is 28.4. The third kappa shape index (κ3) is 3.21. The standard InChI is InChI=1S/C13H14O5S/c14-9(12-10(15)11(16)13(17)18-12)7-19-6-8-4-2-1-3-5-8/h1-5,9,12,14-16H,6-7H2/t9-,12+/m0/s1. The van der Waals surface area contributed by atoms with E-state index < -0.39 is 29.7 Å². The number of thioether (sulfide) groups is 1. The second-order valence-electron chi connectivity index (χ2n) is 4.13. The highest BCUT2D eigenvalue weighted by Crippen LogP contribution is 2.24. The van der Waals surface area contributed by atoms with Crippen LogP contribution >= 0.6 is 11.8 Å². The van der Waals surface area contributed by atoms with Crippen LogP contribution in [-0.2, 0) is 15.3 Å². The zero-order valence-corrected chi connectivity index (χ0v) is 10.8. The molecule has 0 aliphatic carbocycles. The Bertz CT molecular complexity index is 485. The molecule has 0 spiro atoms. The summed E-state index contributed by atoms with van der Waals surface area (Å²) in [5.41, 5.74) is 1.12. The molecule has 2 atom stereocenters. The fraction of sp³-hybridized carbons (Fsp3) is 0.308. The van der Waals surface area contributed by atoms with E-state index in [0.29, 0.717) is 5.75 Å². The summed E-state index contributed by atoms with van der Waals surface area (Å²) in [6, 6.07) is 9.72. The lowest BCUT2D eigenvalue weighted by Crippen LogP contribution is -2.30. The van der Waals surface area contributed by atoms with Crippen LogP contribution in [0.2, 0.25) is 0 Å². The summed E-state index contributed by atoms with van der Waals surface area (Å²) in [5.74, 6) is -1.44. The lowest BCUT2D eigenvalue weighted by atomic mass is 10.2. The zero-order valence-electron chi connectivity index (χ0n) is 10.0. The number of carbonyl (C=O) groups excluding carboxylic acids is 1. The molecule has 1 aliphatic rings. The molecule has 2 rings (SSSR count). The molecule has 1 heterocycles. The average Bonchev–Trinajstić information content (AvgIpc) is 2.68. The highest BCUT2D eigenvalue weighted by molar-refractivity contribution is 7.98. The highest BCUT2D eigenvalue weighted by Gasteiger charge is 2.38. The number of carbonyl (C=O) groups is 1. The smallest absolute Gasteiger partial charge is 0.377 e. The topological polar surface area (TPSA) is 87.0 Å². The Morgan fingerprint density at radius 2 is 1.95 bits per heavy atom. The zero-order chi connectivity index (χ0) is 13.8. The van der Waals surface area contributed by atoms with Crippen LogP contribution in [0.4, 0.5) is 0 Å². The van der Waals surface area contributed by atoms with Crippen LogP contribution < -0.4 is 0 Å². The number of ether oxygens (including phenoxy) is 1. The van der Waals surface area contributed by atoms with E-state index in [1.807, 2.05) is 30.3 Å². The van der Waals surface area contributed by atoms with Crippen molar-refractivity contribution in [3.8, 4) is 0 Å². The van der Waals surface area contributed by atoms with Gasteiger partial charge in [0.1, 0.15) is 6.10 Å². The molecule has 1 aliphatic heterocycles. The van der Waals surface area contributed by atoms with Crippen molar-refractivity contribution in [2.24, 2.45) is 0 Å². The molecule has 1 aromatic rings. The molecule has 3 N–H and O–H groups in total. The minimum absolute atomic E-state index is 0.282. The van der Waals surface area contributed by atoms with Gasteiger partial charge in [0.25, 0.3) is 0 Å². The Hall–Kier alpha value is -1.66. The summed E-state index contributed by atoms with van der Waals surface area (Å²) in [6.45, 7) is 0. The van der Waals surface area contributed by atoms with Crippen LogP contribution in [0.3, 0.4) is 0 Å². The van der Waals surface area contributed by atoms with Crippen molar-refractivity contribution >= 4 is 17.7 Å². The van der Waals surface area contributed by atoms with Gasteiger partial charge >= 0.3 is 5.97 Å². The van der Waals surface area contributed by atoms with Crippen LogP contribution in [0.15, 0.2) is 41.9 Å². The Morgan fingerprint density at radius 3 is 2.53 bits per heavy atom. The molecule has 0 radical (unpaired) electrons. The number of esters is 1. The van der Waals surface area contributed by atoms with E-state index in [0.717, 1.165) is 5.56 Å². The number of cyclic esters (lactones) is 1. The maximum Gasteiger partial charge on any atom is 0.377 e. The van der Waals surface area contributed by atoms with Crippen molar-refractivity contribution in [1.29, 1.82) is 0 Å². The van der Waals surface area contributed by atoms with Crippen LogP contribution in [0.25, 0.3) is 0 Å². The van der Waals surface area contributed by atoms with Crippen molar-refractivity contribution in [3.05, 3.63) is 47.4 Å². The summed E-state index contributed by atoms with van der Waals surface area (Å²) >= 11 is 1.45. The first-order valence-corrected chi connectivity index (χ1v) is 6.88. The Kier molecular flexibility index (Phi) is 4.34. The van der Waals surface area contributed by atoms with Crippen molar-refractivity contribution in [3.63, 3.8) is 0 Å². The predicted octanol–water partition coefficient (Wildman–Crippen LogP) is 1.53. The quantitative estimate of drug-likeness (QED) is 0.710. The Labute approximate surface area is 114 Å². The summed E-state index contributed by atoms with van der Waals surface area (Å²) < 4.78 is 4.67. The molecule has 0 unspecified atom stereocenters. The van der Waals surface area contributed by atoms with E-state index in [2.05, 4.69) is 4.74 Å². The molecule has 1 aromatic carbocycles. The first kappa shape index (κ1) is 13.8. The normalized spacial score (nSPS) is 20.5. The third-order valence-corrected chi connectivity index (χ3v) is 3.80. The van der Waals surface area contributed by atoms with Crippen molar-refractivity contribution in [2.75, 3.05) is 5.75 Å². The third-order valence-electron chi connectivity index (χ3n) is 2.69.